The Morgan fingerprint density at radius 2 is 1.90 bits per heavy atom. The van der Waals surface area contributed by atoms with E-state index < -0.39 is 15.5 Å². The van der Waals surface area contributed by atoms with E-state index in [9.17, 15) is 21.6 Å². The lowest BCUT2D eigenvalue weighted by atomic mass is 10.1. The number of sulfonamides is 1. The summed E-state index contributed by atoms with van der Waals surface area (Å²) in [7, 11) is -3.68. The second kappa shape index (κ2) is 10.1. The number of piperidine rings is 1. The van der Waals surface area contributed by atoms with Gasteiger partial charge in [-0.05, 0) is 24.3 Å². The first-order chi connectivity index (χ1) is 13.7. The summed E-state index contributed by atoms with van der Waals surface area (Å²) in [6.45, 7) is 0.0328. The van der Waals surface area contributed by atoms with Crippen LogP contribution in [0.15, 0.2) is 41.5 Å². The Balaban J connectivity index is 0.00000320. The number of aromatic nitrogens is 1. The summed E-state index contributed by atoms with van der Waals surface area (Å²) in [5.41, 5.74) is -4.42. The molecule has 0 bridgehead atoms. The van der Waals surface area contributed by atoms with Gasteiger partial charge in [0, 0.05) is 37.8 Å². The predicted molar refractivity (Wildman–Crippen MR) is 120 cm³/mol. The number of hydrogen-bond acceptors (Lipinski definition) is 4. The average molecular weight is 557 g/mol. The maximum Gasteiger partial charge on any atom is 0.511 e. The first-order valence-electron chi connectivity index (χ1n) is 9.08. The van der Waals surface area contributed by atoms with E-state index in [1.54, 1.807) is 13.2 Å². The Kier molecular flexibility index (Phi) is 8.27. The Labute approximate surface area is 190 Å². The van der Waals surface area contributed by atoms with Gasteiger partial charge in [-0.2, -0.15) is 17.5 Å². The van der Waals surface area contributed by atoms with Crippen molar-refractivity contribution in [2.24, 2.45) is 4.99 Å². The Morgan fingerprint density at radius 1 is 1.23 bits per heavy atom. The maximum absolute atomic E-state index is 12.7. The molecule has 0 unspecified atom stereocenters. The van der Waals surface area contributed by atoms with Gasteiger partial charge in [0.2, 0.25) is 0 Å². The fraction of sp³-hybridized carbons (Fsp3) is 0.444. The summed E-state index contributed by atoms with van der Waals surface area (Å²) < 4.78 is 61.5. The van der Waals surface area contributed by atoms with Crippen molar-refractivity contribution in [2.75, 3.05) is 20.1 Å². The number of halogens is 4. The lowest BCUT2D eigenvalue weighted by Crippen LogP contribution is -2.51. The SMILES string of the molecule is CN=C(NCc1nccc2ccccc12)NC1CCN(S(=O)(=O)C(F)(F)F)CC1.I. The molecule has 0 saturated carbocycles. The third-order valence-corrected chi connectivity index (χ3v) is 6.46. The molecule has 1 aliphatic rings. The number of rotatable bonds is 4. The summed E-state index contributed by atoms with van der Waals surface area (Å²) >= 11 is 0. The normalized spacial score (nSPS) is 16.9. The molecule has 0 atom stereocenters. The number of nitrogens with zero attached hydrogens (tertiary/aromatic N) is 3. The molecule has 1 aromatic heterocycles. The van der Waals surface area contributed by atoms with Crippen molar-refractivity contribution in [1.82, 2.24) is 19.9 Å². The van der Waals surface area contributed by atoms with E-state index in [1.807, 2.05) is 30.3 Å². The largest absolute Gasteiger partial charge is 0.511 e. The molecule has 0 spiro atoms. The van der Waals surface area contributed by atoms with Crippen LogP contribution in [-0.4, -0.2) is 55.4 Å². The van der Waals surface area contributed by atoms with Gasteiger partial charge in [0.15, 0.2) is 5.96 Å². The van der Waals surface area contributed by atoms with E-state index in [4.69, 9.17) is 0 Å². The van der Waals surface area contributed by atoms with E-state index in [2.05, 4.69) is 20.6 Å². The molecule has 0 radical (unpaired) electrons. The molecule has 1 aliphatic heterocycles. The van der Waals surface area contributed by atoms with E-state index in [0.29, 0.717) is 16.8 Å². The van der Waals surface area contributed by atoms with Crippen molar-refractivity contribution < 1.29 is 21.6 Å². The number of pyridine rings is 1. The summed E-state index contributed by atoms with van der Waals surface area (Å²) in [5, 5.41) is 8.39. The van der Waals surface area contributed by atoms with Gasteiger partial charge in [0.05, 0.1) is 12.2 Å². The Morgan fingerprint density at radius 3 is 2.53 bits per heavy atom. The molecule has 30 heavy (non-hydrogen) atoms. The molecular weight excluding hydrogens is 534 g/mol. The van der Waals surface area contributed by atoms with Crippen molar-refractivity contribution in [1.29, 1.82) is 0 Å². The van der Waals surface area contributed by atoms with Crippen LogP contribution in [-0.2, 0) is 16.6 Å². The van der Waals surface area contributed by atoms with Crippen LogP contribution in [0.2, 0.25) is 0 Å². The number of benzene rings is 1. The fourth-order valence-electron chi connectivity index (χ4n) is 3.27. The molecule has 2 N–H and O–H groups in total. The van der Waals surface area contributed by atoms with E-state index in [1.165, 1.54) is 0 Å². The zero-order valence-electron chi connectivity index (χ0n) is 16.2. The number of hydrogen-bond donors (Lipinski definition) is 2. The second-order valence-electron chi connectivity index (χ2n) is 6.67. The predicted octanol–water partition coefficient (Wildman–Crippen LogP) is 2.83. The van der Waals surface area contributed by atoms with Crippen LogP contribution in [0.1, 0.15) is 18.5 Å². The van der Waals surface area contributed by atoms with Gasteiger partial charge in [-0.1, -0.05) is 24.3 Å². The smallest absolute Gasteiger partial charge is 0.354 e. The number of alkyl halides is 3. The summed E-state index contributed by atoms with van der Waals surface area (Å²) in [6.07, 6.45) is 2.23. The van der Waals surface area contributed by atoms with Crippen LogP contribution in [0.5, 0.6) is 0 Å². The first-order valence-corrected chi connectivity index (χ1v) is 10.5. The fourth-order valence-corrected chi connectivity index (χ4v) is 4.25. The van der Waals surface area contributed by atoms with Crippen LogP contribution < -0.4 is 10.6 Å². The van der Waals surface area contributed by atoms with Crippen molar-refractivity contribution in [3.8, 4) is 0 Å². The van der Waals surface area contributed by atoms with E-state index >= 15 is 0 Å². The highest BCUT2D eigenvalue weighted by molar-refractivity contribution is 14.0. The van der Waals surface area contributed by atoms with Crippen LogP contribution in [0, 0.1) is 0 Å². The first kappa shape index (κ1) is 24.6. The van der Waals surface area contributed by atoms with E-state index in [-0.39, 0.29) is 55.9 Å². The third-order valence-electron chi connectivity index (χ3n) is 4.83. The molecule has 1 fully saturated rings. The molecule has 0 amide bonds. The molecule has 1 saturated heterocycles. The quantitative estimate of drug-likeness (QED) is 0.343. The molecule has 166 valence electrons. The summed E-state index contributed by atoms with van der Waals surface area (Å²) in [6, 6.07) is 9.60. The standard InChI is InChI=1S/C18H22F3N5O2S.HI/c1-22-17(24-12-16-15-5-3-2-4-13(15)6-9-23-16)25-14-7-10-26(11-8-14)29(27,28)18(19,20)21;/h2-6,9,14H,7-8,10-12H2,1H3,(H2,22,24,25);1H. The van der Waals surface area contributed by atoms with Crippen molar-refractivity contribution >= 4 is 50.7 Å². The topological polar surface area (TPSA) is 86.7 Å². The summed E-state index contributed by atoms with van der Waals surface area (Å²) in [5.74, 6) is 0.483. The molecule has 2 aromatic rings. The van der Waals surface area contributed by atoms with Crippen molar-refractivity contribution in [2.45, 2.75) is 30.9 Å². The highest BCUT2D eigenvalue weighted by Crippen LogP contribution is 2.28. The van der Waals surface area contributed by atoms with Crippen LogP contribution in [0.4, 0.5) is 13.2 Å². The van der Waals surface area contributed by atoms with Gasteiger partial charge < -0.3 is 10.6 Å². The highest BCUT2D eigenvalue weighted by atomic mass is 127. The molecule has 2 heterocycles. The molecule has 0 aliphatic carbocycles. The zero-order chi connectivity index (χ0) is 21.1. The van der Waals surface area contributed by atoms with Gasteiger partial charge in [-0.25, -0.2) is 8.42 Å². The van der Waals surface area contributed by atoms with Crippen LogP contribution in [0.3, 0.4) is 0 Å². The molecule has 12 heteroatoms. The number of nitrogens with one attached hydrogen (secondary N) is 2. The van der Waals surface area contributed by atoms with E-state index in [0.717, 1.165) is 16.5 Å². The minimum atomic E-state index is -5.27. The maximum atomic E-state index is 12.7. The molecular formula is C18H23F3IN5O2S. The summed E-state index contributed by atoms with van der Waals surface area (Å²) in [4.78, 5) is 8.53. The number of fused-ring (bicyclic) bond motifs is 1. The third kappa shape index (κ3) is 5.52. The molecule has 3 rings (SSSR count). The van der Waals surface area contributed by atoms with Gasteiger partial charge in [-0.15, -0.1) is 24.0 Å². The lowest BCUT2D eigenvalue weighted by molar-refractivity contribution is -0.0494. The number of aliphatic imine (C=N–C) groups is 1. The van der Waals surface area contributed by atoms with Gasteiger partial charge in [-0.3, -0.25) is 9.98 Å². The monoisotopic (exact) mass is 557 g/mol. The van der Waals surface area contributed by atoms with Crippen molar-refractivity contribution in [3.63, 3.8) is 0 Å². The van der Waals surface area contributed by atoms with Crippen LogP contribution >= 0.6 is 24.0 Å². The number of guanidine groups is 1. The highest BCUT2D eigenvalue weighted by Gasteiger charge is 2.50. The van der Waals surface area contributed by atoms with Gasteiger partial charge >= 0.3 is 15.5 Å². The van der Waals surface area contributed by atoms with Gasteiger partial charge in [0.1, 0.15) is 0 Å². The minimum Gasteiger partial charge on any atom is -0.354 e. The van der Waals surface area contributed by atoms with Crippen molar-refractivity contribution in [3.05, 3.63) is 42.2 Å². The Hall–Kier alpha value is -1.67. The zero-order valence-corrected chi connectivity index (χ0v) is 19.3. The molecule has 7 nitrogen and oxygen atoms in total. The molecule has 1 aromatic carbocycles. The average Bonchev–Trinajstić information content (AvgIpc) is 2.70. The Bertz CT molecular complexity index is 987. The second-order valence-corrected chi connectivity index (χ2v) is 8.60. The van der Waals surface area contributed by atoms with Gasteiger partial charge in [0.25, 0.3) is 0 Å². The lowest BCUT2D eigenvalue weighted by Gasteiger charge is -2.32. The minimum absolute atomic E-state index is 0. The van der Waals surface area contributed by atoms with Crippen LogP contribution in [0.25, 0.3) is 10.8 Å².